The van der Waals surface area contributed by atoms with Crippen molar-refractivity contribution in [1.29, 1.82) is 0 Å². The predicted molar refractivity (Wildman–Crippen MR) is 86.5 cm³/mol. The second kappa shape index (κ2) is 5.39. The van der Waals surface area contributed by atoms with Gasteiger partial charge in [0.15, 0.2) is 0 Å². The Morgan fingerprint density at radius 3 is 3.00 bits per heavy atom. The first-order valence-corrected chi connectivity index (χ1v) is 7.70. The quantitative estimate of drug-likeness (QED) is 0.762. The molecule has 0 unspecified atom stereocenters. The third-order valence-electron chi connectivity index (χ3n) is 4.10. The minimum absolute atomic E-state index is 0.105. The maximum atomic E-state index is 12.0. The lowest BCUT2D eigenvalue weighted by molar-refractivity contribution is 0.0951. The highest BCUT2D eigenvalue weighted by molar-refractivity contribution is 5.94. The van der Waals surface area contributed by atoms with Gasteiger partial charge in [-0.2, -0.15) is 5.10 Å². The van der Waals surface area contributed by atoms with Crippen LogP contribution in [0.25, 0.3) is 17.1 Å². The highest BCUT2D eigenvalue weighted by Crippen LogP contribution is 2.22. The molecule has 6 nitrogen and oxygen atoms in total. The van der Waals surface area contributed by atoms with E-state index in [1.54, 1.807) is 6.20 Å². The number of aryl methyl sites for hydroxylation is 2. The fraction of sp³-hybridized carbons (Fsp3) is 0.235. The molecule has 2 aromatic heterocycles. The standard InChI is InChI=1S/C17H17N5O/c1-11-5-2-3-7-14(11)22-10-12(9-19-22)16-20-13-6-4-8-18-17(23)15(13)21-16/h2-3,5,7,9-10H,4,6,8H2,1H3,(H,18,23)(H,20,21). The van der Waals surface area contributed by atoms with Crippen LogP contribution in [0.4, 0.5) is 0 Å². The lowest BCUT2D eigenvalue weighted by atomic mass is 10.2. The van der Waals surface area contributed by atoms with E-state index in [1.165, 1.54) is 0 Å². The van der Waals surface area contributed by atoms with Crippen LogP contribution in [0.2, 0.25) is 0 Å². The van der Waals surface area contributed by atoms with E-state index in [1.807, 2.05) is 29.1 Å². The number of amides is 1. The summed E-state index contributed by atoms with van der Waals surface area (Å²) in [5.41, 5.74) is 4.45. The summed E-state index contributed by atoms with van der Waals surface area (Å²) in [7, 11) is 0. The van der Waals surface area contributed by atoms with E-state index < -0.39 is 0 Å². The van der Waals surface area contributed by atoms with Crippen molar-refractivity contribution < 1.29 is 4.79 Å². The van der Waals surface area contributed by atoms with Gasteiger partial charge < -0.3 is 10.3 Å². The van der Waals surface area contributed by atoms with E-state index in [9.17, 15) is 4.79 Å². The van der Waals surface area contributed by atoms with Gasteiger partial charge in [-0.25, -0.2) is 9.67 Å². The van der Waals surface area contributed by atoms with Crippen LogP contribution in [0.3, 0.4) is 0 Å². The van der Waals surface area contributed by atoms with Crippen LogP contribution < -0.4 is 5.32 Å². The summed E-state index contributed by atoms with van der Waals surface area (Å²) in [6, 6.07) is 8.07. The molecule has 6 heteroatoms. The second-order valence-electron chi connectivity index (χ2n) is 5.73. The summed E-state index contributed by atoms with van der Waals surface area (Å²) < 4.78 is 1.83. The zero-order valence-corrected chi connectivity index (χ0v) is 12.8. The predicted octanol–water partition coefficient (Wildman–Crippen LogP) is 2.25. The Morgan fingerprint density at radius 2 is 2.13 bits per heavy atom. The average molecular weight is 307 g/mol. The van der Waals surface area contributed by atoms with Crippen LogP contribution in [0.5, 0.6) is 0 Å². The number of rotatable bonds is 2. The van der Waals surface area contributed by atoms with Crippen LogP contribution in [-0.4, -0.2) is 32.2 Å². The van der Waals surface area contributed by atoms with E-state index in [-0.39, 0.29) is 5.91 Å². The van der Waals surface area contributed by atoms with E-state index >= 15 is 0 Å². The van der Waals surface area contributed by atoms with E-state index in [2.05, 4.69) is 33.4 Å². The van der Waals surface area contributed by atoms with Crippen LogP contribution in [0, 0.1) is 6.92 Å². The van der Waals surface area contributed by atoms with Crippen molar-refractivity contribution >= 4 is 5.91 Å². The minimum Gasteiger partial charge on any atom is -0.351 e. The zero-order chi connectivity index (χ0) is 15.8. The first kappa shape index (κ1) is 13.8. The third-order valence-corrected chi connectivity index (χ3v) is 4.10. The van der Waals surface area contributed by atoms with Gasteiger partial charge in [-0.1, -0.05) is 18.2 Å². The number of hydrogen-bond donors (Lipinski definition) is 2. The molecule has 0 saturated heterocycles. The molecule has 0 atom stereocenters. The number of imidazole rings is 1. The van der Waals surface area contributed by atoms with Crippen molar-refractivity contribution in [2.45, 2.75) is 19.8 Å². The molecule has 23 heavy (non-hydrogen) atoms. The van der Waals surface area contributed by atoms with Gasteiger partial charge in [0.1, 0.15) is 11.5 Å². The molecule has 1 aliphatic rings. The highest BCUT2D eigenvalue weighted by Gasteiger charge is 2.21. The molecule has 3 aromatic rings. The molecule has 116 valence electrons. The summed E-state index contributed by atoms with van der Waals surface area (Å²) >= 11 is 0. The lowest BCUT2D eigenvalue weighted by Gasteiger charge is -2.04. The molecule has 3 heterocycles. The number of aromatic nitrogens is 4. The zero-order valence-electron chi connectivity index (χ0n) is 12.8. The first-order chi connectivity index (χ1) is 11.2. The molecule has 4 rings (SSSR count). The Hall–Kier alpha value is -2.89. The minimum atomic E-state index is -0.105. The van der Waals surface area contributed by atoms with Gasteiger partial charge in [0.05, 0.1) is 17.4 Å². The van der Waals surface area contributed by atoms with Crippen LogP contribution in [0.15, 0.2) is 36.7 Å². The molecule has 1 aromatic carbocycles. The van der Waals surface area contributed by atoms with Gasteiger partial charge in [0, 0.05) is 18.4 Å². The first-order valence-electron chi connectivity index (χ1n) is 7.70. The number of fused-ring (bicyclic) bond motifs is 1. The number of nitrogens with zero attached hydrogens (tertiary/aromatic N) is 3. The molecule has 1 aliphatic heterocycles. The van der Waals surface area contributed by atoms with E-state index in [0.717, 1.165) is 35.3 Å². The number of carbonyl (C=O) groups is 1. The number of carbonyl (C=O) groups excluding carboxylic acids is 1. The maximum absolute atomic E-state index is 12.0. The highest BCUT2D eigenvalue weighted by atomic mass is 16.1. The SMILES string of the molecule is Cc1ccccc1-n1cc(-c2nc3c([nH]2)CCCNC3=O)cn1. The lowest BCUT2D eigenvalue weighted by Crippen LogP contribution is -2.23. The summed E-state index contributed by atoms with van der Waals surface area (Å²) in [5, 5.41) is 7.29. The normalized spacial score (nSPS) is 14.2. The molecule has 0 saturated carbocycles. The van der Waals surface area contributed by atoms with Gasteiger partial charge in [-0.15, -0.1) is 0 Å². The molecular formula is C17H17N5O. The van der Waals surface area contributed by atoms with Crippen molar-refractivity contribution in [3.8, 4) is 17.1 Å². The molecule has 0 fully saturated rings. The molecule has 0 spiro atoms. The van der Waals surface area contributed by atoms with Gasteiger partial charge in [0.25, 0.3) is 5.91 Å². The summed E-state index contributed by atoms with van der Waals surface area (Å²) in [6.07, 6.45) is 5.44. The van der Waals surface area contributed by atoms with Gasteiger partial charge in [-0.3, -0.25) is 4.79 Å². The van der Waals surface area contributed by atoms with Gasteiger partial charge >= 0.3 is 0 Å². The van der Waals surface area contributed by atoms with Gasteiger partial charge in [0.2, 0.25) is 0 Å². The fourth-order valence-corrected chi connectivity index (χ4v) is 2.86. The fourth-order valence-electron chi connectivity index (χ4n) is 2.86. The van der Waals surface area contributed by atoms with Crippen molar-refractivity contribution in [1.82, 2.24) is 25.1 Å². The Balaban J connectivity index is 1.72. The van der Waals surface area contributed by atoms with Crippen LogP contribution >= 0.6 is 0 Å². The monoisotopic (exact) mass is 307 g/mol. The van der Waals surface area contributed by atoms with Crippen molar-refractivity contribution in [3.05, 3.63) is 53.6 Å². The van der Waals surface area contributed by atoms with E-state index in [0.29, 0.717) is 18.1 Å². The maximum Gasteiger partial charge on any atom is 0.271 e. The Morgan fingerprint density at radius 1 is 1.26 bits per heavy atom. The number of hydrogen-bond acceptors (Lipinski definition) is 3. The topological polar surface area (TPSA) is 75.6 Å². The molecular weight excluding hydrogens is 290 g/mol. The van der Waals surface area contributed by atoms with Crippen LogP contribution in [0.1, 0.15) is 28.2 Å². The summed E-state index contributed by atoms with van der Waals surface area (Å²) in [6.45, 7) is 2.75. The Kier molecular flexibility index (Phi) is 3.22. The molecule has 0 aliphatic carbocycles. The number of para-hydroxylation sites is 1. The largest absolute Gasteiger partial charge is 0.351 e. The number of nitrogens with one attached hydrogen (secondary N) is 2. The molecule has 1 amide bonds. The number of benzene rings is 1. The summed E-state index contributed by atoms with van der Waals surface area (Å²) in [5.74, 6) is 0.582. The average Bonchev–Trinajstić information content (AvgIpc) is 3.15. The molecule has 0 bridgehead atoms. The Bertz CT molecular complexity index is 877. The van der Waals surface area contributed by atoms with Crippen molar-refractivity contribution in [2.24, 2.45) is 0 Å². The van der Waals surface area contributed by atoms with Crippen molar-refractivity contribution in [3.63, 3.8) is 0 Å². The number of aromatic amines is 1. The second-order valence-corrected chi connectivity index (χ2v) is 5.73. The molecule has 0 radical (unpaired) electrons. The van der Waals surface area contributed by atoms with Crippen LogP contribution in [-0.2, 0) is 6.42 Å². The molecule has 2 N–H and O–H groups in total. The third kappa shape index (κ3) is 2.42. The van der Waals surface area contributed by atoms with Gasteiger partial charge in [-0.05, 0) is 31.4 Å². The van der Waals surface area contributed by atoms with E-state index in [4.69, 9.17) is 0 Å². The smallest absolute Gasteiger partial charge is 0.271 e. The Labute approximate surface area is 133 Å². The summed E-state index contributed by atoms with van der Waals surface area (Å²) in [4.78, 5) is 19.8. The number of H-pyrrole nitrogens is 1. The van der Waals surface area contributed by atoms with Crippen molar-refractivity contribution in [2.75, 3.05) is 6.54 Å².